The molecule has 0 saturated carbocycles. The maximum Gasteiger partial charge on any atom is 0.226 e. The van der Waals surface area contributed by atoms with E-state index in [1.165, 1.54) is 11.1 Å². The molecule has 0 aromatic heterocycles. The summed E-state index contributed by atoms with van der Waals surface area (Å²) in [5.41, 5.74) is 9.84. The minimum absolute atomic E-state index is 0.0212. The topological polar surface area (TPSA) is 135 Å². The highest BCUT2D eigenvalue weighted by Gasteiger charge is 2.35. The second kappa shape index (κ2) is 18.8. The highest BCUT2D eigenvalue weighted by atomic mass is 16.2. The van der Waals surface area contributed by atoms with Crippen molar-refractivity contribution >= 4 is 63.3 Å². The highest BCUT2D eigenvalue weighted by molar-refractivity contribution is 5.97. The van der Waals surface area contributed by atoms with Crippen molar-refractivity contribution in [2.24, 2.45) is 0 Å². The average Bonchev–Trinajstić information content (AvgIpc) is 3.24. The average molecular weight is 796 g/mol. The molecular formula is C48H57N7O4. The van der Waals surface area contributed by atoms with Crippen LogP contribution in [0.1, 0.15) is 108 Å². The lowest BCUT2D eigenvalue weighted by molar-refractivity contribution is -0.119. The van der Waals surface area contributed by atoms with Gasteiger partial charge in [0, 0.05) is 78.4 Å². The summed E-state index contributed by atoms with van der Waals surface area (Å²) in [6.45, 7) is 9.82. The Hall–Kier alpha value is -5.94. The Kier molecular flexibility index (Phi) is 13.1. The number of hydrogen-bond donors (Lipinski definition) is 5. The van der Waals surface area contributed by atoms with E-state index in [-0.39, 0.29) is 60.6 Å². The number of benzene rings is 4. The minimum Gasteiger partial charge on any atom is -0.378 e. The minimum atomic E-state index is -0.148. The molecule has 308 valence electrons. The lowest BCUT2D eigenvalue weighted by Crippen LogP contribution is -2.44. The first-order valence-corrected chi connectivity index (χ1v) is 21.2. The van der Waals surface area contributed by atoms with E-state index in [2.05, 4.69) is 70.8 Å². The molecule has 4 aromatic carbocycles. The largest absolute Gasteiger partial charge is 0.378 e. The fraction of sp³-hybridized carbons (Fsp3) is 0.375. The smallest absolute Gasteiger partial charge is 0.226 e. The predicted molar refractivity (Wildman–Crippen MR) is 239 cm³/mol. The van der Waals surface area contributed by atoms with Gasteiger partial charge in [0.25, 0.3) is 0 Å². The summed E-state index contributed by atoms with van der Waals surface area (Å²) in [6, 6.07) is 30.1. The fourth-order valence-electron chi connectivity index (χ4n) is 8.69. The van der Waals surface area contributed by atoms with Gasteiger partial charge in [-0.3, -0.25) is 19.2 Å². The van der Waals surface area contributed by atoms with Gasteiger partial charge in [-0.15, -0.1) is 0 Å². The number of carbonyl (C=O) groups is 4. The molecule has 11 nitrogen and oxygen atoms in total. The van der Waals surface area contributed by atoms with E-state index in [0.29, 0.717) is 30.6 Å². The number of amides is 4. The molecule has 0 aliphatic carbocycles. The maximum atomic E-state index is 13.1. The van der Waals surface area contributed by atoms with E-state index in [1.807, 2.05) is 90.4 Å². The van der Waals surface area contributed by atoms with Crippen molar-refractivity contribution in [3.63, 3.8) is 0 Å². The van der Waals surface area contributed by atoms with E-state index in [0.717, 1.165) is 66.2 Å². The molecular weight excluding hydrogens is 739 g/mol. The molecule has 5 N–H and O–H groups in total. The third-order valence-corrected chi connectivity index (χ3v) is 11.7. The van der Waals surface area contributed by atoms with Crippen molar-refractivity contribution in [2.45, 2.75) is 103 Å². The molecule has 3 heterocycles. The van der Waals surface area contributed by atoms with Crippen LogP contribution in [0.15, 0.2) is 97.1 Å². The van der Waals surface area contributed by atoms with E-state index in [9.17, 15) is 19.2 Å². The number of para-hydroxylation sites is 1. The molecule has 0 fully saturated rings. The van der Waals surface area contributed by atoms with Gasteiger partial charge in [0.05, 0.1) is 12.1 Å². The van der Waals surface area contributed by atoms with E-state index < -0.39 is 0 Å². The first-order valence-electron chi connectivity index (χ1n) is 21.2. The van der Waals surface area contributed by atoms with Crippen molar-refractivity contribution < 1.29 is 19.2 Å². The maximum absolute atomic E-state index is 13.1. The Bertz CT molecular complexity index is 2180. The van der Waals surface area contributed by atoms with E-state index >= 15 is 0 Å². The summed E-state index contributed by atoms with van der Waals surface area (Å²) >= 11 is 0. The zero-order valence-electron chi connectivity index (χ0n) is 34.6. The monoisotopic (exact) mass is 795 g/mol. The van der Waals surface area contributed by atoms with Gasteiger partial charge in [-0.05, 0) is 129 Å². The lowest BCUT2D eigenvalue weighted by atomic mass is 9.88. The van der Waals surface area contributed by atoms with Crippen LogP contribution in [0, 0.1) is 0 Å². The molecule has 0 radical (unpaired) electrons. The number of carbonyl (C=O) groups excluding carboxylic acids is 4. The summed E-state index contributed by atoms with van der Waals surface area (Å²) in [5.74, 6) is -0.0414. The fourth-order valence-corrected chi connectivity index (χ4v) is 8.69. The van der Waals surface area contributed by atoms with Crippen LogP contribution in [-0.2, 0) is 19.2 Å². The van der Waals surface area contributed by atoms with Crippen molar-refractivity contribution in [2.75, 3.05) is 44.2 Å². The van der Waals surface area contributed by atoms with Gasteiger partial charge in [-0.25, -0.2) is 0 Å². The van der Waals surface area contributed by atoms with Gasteiger partial charge in [-0.1, -0.05) is 50.3 Å². The van der Waals surface area contributed by atoms with Crippen LogP contribution >= 0.6 is 0 Å². The Morgan fingerprint density at radius 3 is 1.68 bits per heavy atom. The molecule has 4 amide bonds. The quantitative estimate of drug-likeness (QED) is 0.0911. The number of nitrogens with one attached hydrogen (secondary N) is 5. The highest BCUT2D eigenvalue weighted by Crippen LogP contribution is 2.42. The number of fused-ring (bicyclic) bond motifs is 2. The number of rotatable bonds is 13. The number of hydrogen-bond acceptors (Lipinski definition) is 7. The molecule has 3 aliphatic heterocycles. The third-order valence-electron chi connectivity index (χ3n) is 11.7. The molecule has 0 spiro atoms. The SMILES string of the molecule is CCC(=O)N1c2ccccc2[C@H](Nc2ccc(NC(=O)CCCC(=O)Nc3ccc(N[C@@H]4C[C@H](C)N(C(=O)CC)c5cc(C6=CCNCC6)ccc54)cc3)cc2)C[C@@H]1C. The van der Waals surface area contributed by atoms with Crippen molar-refractivity contribution in [3.05, 3.63) is 114 Å². The molecule has 59 heavy (non-hydrogen) atoms. The Morgan fingerprint density at radius 2 is 1.15 bits per heavy atom. The van der Waals surface area contributed by atoms with Crippen LogP contribution in [0.4, 0.5) is 34.1 Å². The molecule has 3 aliphatic rings. The van der Waals surface area contributed by atoms with Gasteiger partial charge in [-0.2, -0.15) is 0 Å². The summed E-state index contributed by atoms with van der Waals surface area (Å²) in [5, 5.41) is 16.6. The van der Waals surface area contributed by atoms with Crippen LogP contribution in [0.3, 0.4) is 0 Å². The van der Waals surface area contributed by atoms with E-state index in [1.54, 1.807) is 0 Å². The van der Waals surface area contributed by atoms with E-state index in [4.69, 9.17) is 0 Å². The number of nitrogens with zero attached hydrogens (tertiary/aromatic N) is 2. The van der Waals surface area contributed by atoms with Crippen LogP contribution in [0.5, 0.6) is 0 Å². The Labute approximate surface area is 348 Å². The third kappa shape index (κ3) is 9.69. The summed E-state index contributed by atoms with van der Waals surface area (Å²) in [4.78, 5) is 55.3. The van der Waals surface area contributed by atoms with Gasteiger partial charge in [0.15, 0.2) is 0 Å². The van der Waals surface area contributed by atoms with Gasteiger partial charge in [0.1, 0.15) is 0 Å². The summed E-state index contributed by atoms with van der Waals surface area (Å²) < 4.78 is 0. The standard InChI is InChI=1S/C48H57N7O4/c1-5-47(58)54-31(3)28-41(39-10-7-8-11-43(39)54)50-35-15-19-37(20-16-35)52-45(56)12-9-13-46(57)53-38-21-17-36(18-22-38)51-42-29-32(4)55(48(59)6-2)44-30-34(14-23-40(42)44)33-24-26-49-27-25-33/h7-8,10-11,14-24,30-32,41-42,49-51H,5-6,9,12-13,25-29H2,1-4H3,(H,52,56)(H,53,57)/t31-,32-,41+,42+/m0/s1. The van der Waals surface area contributed by atoms with Gasteiger partial charge >= 0.3 is 0 Å². The molecule has 4 aromatic rings. The van der Waals surface area contributed by atoms with Crippen LogP contribution in [0.2, 0.25) is 0 Å². The summed E-state index contributed by atoms with van der Waals surface area (Å²) in [6.07, 6.45) is 6.54. The van der Waals surface area contributed by atoms with Crippen molar-refractivity contribution in [1.82, 2.24) is 5.32 Å². The zero-order valence-corrected chi connectivity index (χ0v) is 34.6. The Morgan fingerprint density at radius 1 is 0.644 bits per heavy atom. The lowest BCUT2D eigenvalue weighted by Gasteiger charge is -2.40. The van der Waals surface area contributed by atoms with Gasteiger partial charge in [0.2, 0.25) is 23.6 Å². The van der Waals surface area contributed by atoms with Crippen molar-refractivity contribution in [1.29, 1.82) is 0 Å². The van der Waals surface area contributed by atoms with Gasteiger partial charge < -0.3 is 36.4 Å². The predicted octanol–water partition coefficient (Wildman–Crippen LogP) is 9.19. The first-order chi connectivity index (χ1) is 28.6. The number of anilines is 6. The van der Waals surface area contributed by atoms with Crippen LogP contribution in [0.25, 0.3) is 5.57 Å². The molecule has 7 rings (SSSR count). The second-order valence-corrected chi connectivity index (χ2v) is 15.9. The molecule has 0 bridgehead atoms. The van der Waals surface area contributed by atoms with Crippen molar-refractivity contribution in [3.8, 4) is 0 Å². The molecule has 0 unspecified atom stereocenters. The first kappa shape index (κ1) is 41.2. The zero-order chi connectivity index (χ0) is 41.5. The molecule has 0 saturated heterocycles. The summed E-state index contributed by atoms with van der Waals surface area (Å²) in [7, 11) is 0. The Balaban J connectivity index is 0.878. The normalized spacial score (nSPS) is 19.8. The molecule has 11 heteroatoms. The van der Waals surface area contributed by atoms with Crippen LogP contribution in [-0.4, -0.2) is 48.8 Å². The second-order valence-electron chi connectivity index (χ2n) is 15.9. The van der Waals surface area contributed by atoms with Crippen LogP contribution < -0.4 is 36.4 Å². The molecule has 4 atom stereocenters.